The van der Waals surface area contributed by atoms with Gasteiger partial charge < -0.3 is 4.90 Å². The number of carbonyl (C=O) groups is 3. The topological polar surface area (TPSA) is 60.9 Å². The van der Waals surface area contributed by atoms with Gasteiger partial charge in [-0.05, 0) is 30.5 Å². The number of amides is 3. The molecule has 0 bridgehead atoms. The van der Waals surface area contributed by atoms with E-state index in [1.54, 1.807) is 0 Å². The Kier molecular flexibility index (Phi) is 5.19. The van der Waals surface area contributed by atoms with Crippen LogP contribution in [0.15, 0.2) is 24.3 Å². The van der Waals surface area contributed by atoms with E-state index in [9.17, 15) is 14.4 Å². The molecule has 0 aromatic heterocycles. The summed E-state index contributed by atoms with van der Waals surface area (Å²) >= 11 is 5.92. The Morgan fingerprint density at radius 1 is 0.963 bits per heavy atom. The molecule has 1 aromatic rings. The number of hydrogen-bond donors (Lipinski definition) is 0. The summed E-state index contributed by atoms with van der Waals surface area (Å²) in [5.41, 5.74) is 1.13. The largest absolute Gasteiger partial charge is 0.343 e. The highest BCUT2D eigenvalue weighted by molar-refractivity contribution is 6.30. The number of carbonyl (C=O) groups excluding carboxylic acids is 3. The molecule has 3 fully saturated rings. The van der Waals surface area contributed by atoms with Crippen LogP contribution >= 0.6 is 11.6 Å². The molecule has 0 spiro atoms. The number of halogens is 1. The summed E-state index contributed by atoms with van der Waals surface area (Å²) in [6, 6.07) is 7.67. The number of imide groups is 1. The normalized spacial score (nSPS) is 25.7. The van der Waals surface area contributed by atoms with Crippen LogP contribution in [0, 0.1) is 11.8 Å². The van der Waals surface area contributed by atoms with Gasteiger partial charge in [0.05, 0.1) is 11.8 Å². The first-order valence-electron chi connectivity index (χ1n) is 9.63. The van der Waals surface area contributed by atoms with Gasteiger partial charge >= 0.3 is 0 Å². The minimum atomic E-state index is -0.224. The molecule has 144 valence electrons. The van der Waals surface area contributed by atoms with Crippen LogP contribution < -0.4 is 0 Å². The fraction of sp³-hybridized carbons (Fsp3) is 0.550. The number of likely N-dealkylation sites (tertiary alicyclic amines) is 3. The summed E-state index contributed by atoms with van der Waals surface area (Å²) in [6.07, 6.45) is 2.19. The van der Waals surface area contributed by atoms with Crippen LogP contribution in [0.3, 0.4) is 0 Å². The van der Waals surface area contributed by atoms with Gasteiger partial charge in [-0.1, -0.05) is 23.7 Å². The lowest BCUT2D eigenvalue weighted by Crippen LogP contribution is -2.38. The van der Waals surface area contributed by atoms with Gasteiger partial charge in [-0.3, -0.25) is 24.2 Å². The number of rotatable bonds is 6. The van der Waals surface area contributed by atoms with Crippen molar-refractivity contribution in [3.63, 3.8) is 0 Å². The number of benzene rings is 1. The third-order valence-corrected chi connectivity index (χ3v) is 6.11. The van der Waals surface area contributed by atoms with E-state index >= 15 is 0 Å². The molecular weight excluding hydrogens is 366 g/mol. The molecule has 0 aliphatic carbocycles. The van der Waals surface area contributed by atoms with Crippen LogP contribution in [-0.4, -0.2) is 65.1 Å². The Bertz CT molecular complexity index is 727. The van der Waals surface area contributed by atoms with Crippen molar-refractivity contribution in [2.24, 2.45) is 11.8 Å². The number of fused-ring (bicyclic) bond motifs is 1. The zero-order valence-electron chi connectivity index (χ0n) is 15.3. The van der Waals surface area contributed by atoms with Gasteiger partial charge in [0.2, 0.25) is 17.7 Å². The average Bonchev–Trinajstić information content (AvgIpc) is 3.31. The van der Waals surface area contributed by atoms with Crippen LogP contribution in [-0.2, 0) is 20.9 Å². The molecular formula is C20H24ClN3O3. The first-order chi connectivity index (χ1) is 13.0. The summed E-state index contributed by atoms with van der Waals surface area (Å²) in [5.74, 6) is -0.354. The second-order valence-electron chi connectivity index (χ2n) is 7.70. The van der Waals surface area contributed by atoms with E-state index in [4.69, 9.17) is 11.6 Å². The van der Waals surface area contributed by atoms with E-state index < -0.39 is 0 Å². The van der Waals surface area contributed by atoms with Crippen LogP contribution in [0.4, 0.5) is 0 Å². The zero-order chi connectivity index (χ0) is 19.0. The Balaban J connectivity index is 1.30. The van der Waals surface area contributed by atoms with E-state index in [1.807, 2.05) is 29.2 Å². The highest BCUT2D eigenvalue weighted by Crippen LogP contribution is 2.34. The molecule has 0 N–H and O–H groups in total. The van der Waals surface area contributed by atoms with Gasteiger partial charge in [-0.2, -0.15) is 0 Å². The molecule has 2 atom stereocenters. The van der Waals surface area contributed by atoms with E-state index in [0.717, 1.165) is 25.1 Å². The maximum absolute atomic E-state index is 12.7. The lowest BCUT2D eigenvalue weighted by Gasteiger charge is -2.22. The second-order valence-corrected chi connectivity index (χ2v) is 8.14. The van der Waals surface area contributed by atoms with Gasteiger partial charge in [-0.25, -0.2) is 0 Å². The molecule has 3 aliphatic rings. The molecule has 0 unspecified atom stereocenters. The van der Waals surface area contributed by atoms with Crippen molar-refractivity contribution >= 4 is 29.3 Å². The Morgan fingerprint density at radius 3 is 2.22 bits per heavy atom. The summed E-state index contributed by atoms with van der Waals surface area (Å²) in [5, 5.41) is 0.702. The van der Waals surface area contributed by atoms with Crippen LogP contribution in [0.1, 0.15) is 24.8 Å². The molecule has 0 saturated carbocycles. The average molecular weight is 390 g/mol. The van der Waals surface area contributed by atoms with Gasteiger partial charge in [0.15, 0.2) is 0 Å². The lowest BCUT2D eigenvalue weighted by atomic mass is 10.00. The summed E-state index contributed by atoms with van der Waals surface area (Å²) in [6.45, 7) is 3.82. The maximum Gasteiger partial charge on any atom is 0.234 e. The molecule has 6 nitrogen and oxygen atoms in total. The maximum atomic E-state index is 12.7. The van der Waals surface area contributed by atoms with Crippen molar-refractivity contribution in [1.82, 2.24) is 14.7 Å². The zero-order valence-corrected chi connectivity index (χ0v) is 16.0. The molecule has 3 saturated heterocycles. The summed E-state index contributed by atoms with van der Waals surface area (Å²) in [4.78, 5) is 42.5. The van der Waals surface area contributed by atoms with Gasteiger partial charge in [0, 0.05) is 50.7 Å². The van der Waals surface area contributed by atoms with E-state index in [0.29, 0.717) is 44.0 Å². The molecule has 0 radical (unpaired) electrons. The third kappa shape index (κ3) is 3.73. The number of hydrogen-bond acceptors (Lipinski definition) is 4. The van der Waals surface area contributed by atoms with Crippen molar-refractivity contribution in [1.29, 1.82) is 0 Å². The first-order valence-corrected chi connectivity index (χ1v) is 10.0. The number of nitrogens with zero attached hydrogens (tertiary/aromatic N) is 3. The van der Waals surface area contributed by atoms with E-state index in [-0.39, 0.29) is 29.6 Å². The molecule has 7 heteroatoms. The molecule has 27 heavy (non-hydrogen) atoms. The smallest absolute Gasteiger partial charge is 0.234 e. The van der Waals surface area contributed by atoms with Crippen molar-refractivity contribution in [2.75, 3.05) is 32.7 Å². The SMILES string of the molecule is O=C1CCCN1CCCN1C(=O)[C@H]2CN(Cc3ccc(Cl)cc3)C[C@H]2C1=O. The molecule has 3 amide bonds. The fourth-order valence-corrected chi connectivity index (χ4v) is 4.58. The molecule has 4 rings (SSSR count). The standard InChI is InChI=1S/C20H24ClN3O3/c21-15-6-4-14(5-7-15)11-22-12-16-17(13-22)20(27)24(19(16)26)10-2-9-23-8-1-3-18(23)25/h4-7,16-17H,1-3,8-13H2/t16-,17+. The van der Waals surface area contributed by atoms with Crippen LogP contribution in [0.5, 0.6) is 0 Å². The molecule has 3 heterocycles. The van der Waals surface area contributed by atoms with Crippen LogP contribution in [0.2, 0.25) is 5.02 Å². The van der Waals surface area contributed by atoms with Crippen LogP contribution in [0.25, 0.3) is 0 Å². The van der Waals surface area contributed by atoms with Crippen molar-refractivity contribution < 1.29 is 14.4 Å². The van der Waals surface area contributed by atoms with E-state index in [2.05, 4.69) is 4.90 Å². The quantitative estimate of drug-likeness (QED) is 0.696. The summed E-state index contributed by atoms with van der Waals surface area (Å²) < 4.78 is 0. The Hall–Kier alpha value is -1.92. The van der Waals surface area contributed by atoms with E-state index in [1.165, 1.54) is 4.90 Å². The van der Waals surface area contributed by atoms with Gasteiger partial charge in [0.1, 0.15) is 0 Å². The van der Waals surface area contributed by atoms with Gasteiger partial charge in [-0.15, -0.1) is 0 Å². The molecule has 3 aliphatic heterocycles. The Morgan fingerprint density at radius 2 is 1.63 bits per heavy atom. The van der Waals surface area contributed by atoms with Gasteiger partial charge in [0.25, 0.3) is 0 Å². The minimum Gasteiger partial charge on any atom is -0.343 e. The predicted molar refractivity (Wildman–Crippen MR) is 101 cm³/mol. The highest BCUT2D eigenvalue weighted by atomic mass is 35.5. The predicted octanol–water partition coefficient (Wildman–Crippen LogP) is 1.77. The third-order valence-electron chi connectivity index (χ3n) is 5.86. The lowest BCUT2D eigenvalue weighted by molar-refractivity contribution is -0.140. The second kappa shape index (κ2) is 7.60. The highest BCUT2D eigenvalue weighted by Gasteiger charge is 2.51. The van der Waals surface area contributed by atoms with Crippen molar-refractivity contribution in [3.8, 4) is 0 Å². The van der Waals surface area contributed by atoms with Crippen molar-refractivity contribution in [3.05, 3.63) is 34.9 Å². The molecule has 1 aromatic carbocycles. The fourth-order valence-electron chi connectivity index (χ4n) is 4.45. The van der Waals surface area contributed by atoms with Crippen molar-refractivity contribution in [2.45, 2.75) is 25.8 Å². The monoisotopic (exact) mass is 389 g/mol. The minimum absolute atomic E-state index is 0.0450. The Labute approximate surface area is 164 Å². The summed E-state index contributed by atoms with van der Waals surface area (Å²) in [7, 11) is 0. The first kappa shape index (κ1) is 18.4.